The van der Waals surface area contributed by atoms with E-state index in [1.165, 1.54) is 21.8 Å². The number of hydrogen-bond donors (Lipinski definition) is 0. The number of nitrogens with zero attached hydrogens (tertiary/aromatic N) is 2. The Morgan fingerprint density at radius 3 is 1.33 bits per heavy atom. The van der Waals surface area contributed by atoms with Gasteiger partial charge in [-0.05, 0) is 84.8 Å². The van der Waals surface area contributed by atoms with Crippen molar-refractivity contribution < 1.29 is 13.6 Å². The predicted molar refractivity (Wildman–Crippen MR) is 170 cm³/mol. The van der Waals surface area contributed by atoms with Gasteiger partial charge in [-0.3, -0.25) is 0 Å². The molecule has 212 valence electrons. The van der Waals surface area contributed by atoms with Gasteiger partial charge in [0, 0.05) is 47.3 Å². The molecule has 0 radical (unpaired) electrons. The normalized spacial score (nSPS) is 13.5. The summed E-state index contributed by atoms with van der Waals surface area (Å²) in [6, 6.07) is 17.0. The second kappa shape index (κ2) is 10.9. The van der Waals surface area contributed by atoms with Gasteiger partial charge in [-0.1, -0.05) is 41.5 Å². The lowest BCUT2D eigenvalue weighted by Gasteiger charge is -2.36. The van der Waals surface area contributed by atoms with Crippen LogP contribution in [0.1, 0.15) is 41.5 Å². The lowest BCUT2D eigenvalue weighted by Crippen LogP contribution is -2.41. The molecule has 4 aromatic rings. The van der Waals surface area contributed by atoms with Crippen LogP contribution in [0, 0.1) is 0 Å². The van der Waals surface area contributed by atoms with Crippen LogP contribution >= 0.6 is 0 Å². The maximum absolute atomic E-state index is 6.39. The van der Waals surface area contributed by atoms with Gasteiger partial charge >= 0.3 is 0 Å². The van der Waals surface area contributed by atoms with E-state index in [0.29, 0.717) is 0 Å². The molecule has 0 aliphatic carbocycles. The Bertz CT molecular complexity index is 1310. The molecule has 0 N–H and O–H groups in total. The second-order valence-electron chi connectivity index (χ2n) is 13.8. The summed E-state index contributed by atoms with van der Waals surface area (Å²) in [4.78, 5) is 0. The van der Waals surface area contributed by atoms with Gasteiger partial charge in [-0.2, -0.15) is 0 Å². The number of benzene rings is 2. The van der Waals surface area contributed by atoms with Crippen molar-refractivity contribution >= 4 is 38.4 Å². The largest absolute Gasteiger partial charge is 0.457 e. The zero-order valence-electron chi connectivity index (χ0n) is 25.7. The zero-order valence-corrected chi connectivity index (χ0v) is 27.7. The van der Waals surface area contributed by atoms with Gasteiger partial charge in [-0.25, -0.2) is 0 Å². The third-order valence-corrected chi connectivity index (χ3v) is 18.0. The molecule has 0 saturated carbocycles. The zero-order chi connectivity index (χ0) is 28.6. The highest BCUT2D eigenvalue weighted by atomic mass is 28.4. The number of aromatic nitrogens is 2. The van der Waals surface area contributed by atoms with Crippen LogP contribution in [0.2, 0.25) is 36.3 Å². The van der Waals surface area contributed by atoms with Crippen molar-refractivity contribution in [2.45, 2.75) is 90.9 Å². The average Bonchev–Trinajstić information content (AvgIpc) is 3.41. The molecule has 2 aromatic carbocycles. The molecule has 0 bridgehead atoms. The Morgan fingerprint density at radius 2 is 0.974 bits per heavy atom. The van der Waals surface area contributed by atoms with E-state index in [9.17, 15) is 0 Å². The van der Waals surface area contributed by atoms with Gasteiger partial charge in [0.1, 0.15) is 11.5 Å². The average molecular weight is 565 g/mol. The Balaban J connectivity index is 1.39. The van der Waals surface area contributed by atoms with Crippen LogP contribution in [0.5, 0.6) is 11.5 Å². The minimum atomic E-state index is -1.74. The van der Waals surface area contributed by atoms with Gasteiger partial charge < -0.3 is 22.7 Å². The molecule has 4 rings (SSSR count). The highest BCUT2D eigenvalue weighted by molar-refractivity contribution is 6.74. The van der Waals surface area contributed by atoms with Crippen LogP contribution in [-0.4, -0.2) is 39.0 Å². The van der Waals surface area contributed by atoms with E-state index in [1.54, 1.807) is 0 Å². The molecule has 0 atom stereocenters. The second-order valence-corrected chi connectivity index (χ2v) is 23.4. The number of rotatable bonds is 10. The van der Waals surface area contributed by atoms with Gasteiger partial charge in [0.05, 0.1) is 13.2 Å². The van der Waals surface area contributed by atoms with Gasteiger partial charge in [-0.15, -0.1) is 0 Å². The molecule has 2 heterocycles. The monoisotopic (exact) mass is 564 g/mol. The first-order valence-electron chi connectivity index (χ1n) is 14.2. The Hall–Kier alpha value is -2.33. The van der Waals surface area contributed by atoms with Crippen LogP contribution in [0.25, 0.3) is 21.8 Å². The fraction of sp³-hybridized carbons (Fsp3) is 0.500. The summed E-state index contributed by atoms with van der Waals surface area (Å²) in [5.41, 5.74) is 2.40. The highest BCUT2D eigenvalue weighted by Gasteiger charge is 2.37. The third-order valence-electron chi connectivity index (χ3n) is 8.92. The number of ether oxygens (including phenoxy) is 1. The SMILES string of the molecule is CC(C)(C)[Si](C)(C)OCCn1ccc2cc(Oc3ccc4c(ccn4CCO[Si](C)(C)C(C)(C)C)c3)ccc21. The molecule has 2 aromatic heterocycles. The molecule has 0 spiro atoms. The maximum Gasteiger partial charge on any atom is 0.192 e. The molecule has 0 aliphatic rings. The Kier molecular flexibility index (Phi) is 8.30. The van der Waals surface area contributed by atoms with Crippen molar-refractivity contribution in [2.24, 2.45) is 0 Å². The van der Waals surface area contributed by atoms with Gasteiger partial charge in [0.25, 0.3) is 0 Å². The summed E-state index contributed by atoms with van der Waals surface area (Å²) in [7, 11) is -3.47. The lowest BCUT2D eigenvalue weighted by atomic mass is 10.2. The molecule has 7 heteroatoms. The summed E-state index contributed by atoms with van der Waals surface area (Å²) in [5.74, 6) is 1.69. The van der Waals surface area contributed by atoms with Crippen LogP contribution in [0.4, 0.5) is 0 Å². The Morgan fingerprint density at radius 1 is 0.590 bits per heavy atom. The standard InChI is InChI=1S/C32H48N2O3Si2/c1-31(2,3)38(7,8)35-21-19-33-17-15-25-23-27(11-13-29(25)33)37-28-12-14-30-26(24-28)16-18-34(30)20-22-36-39(9,10)32(4,5)6/h11-18,23-24H,19-22H2,1-10H3. The van der Waals surface area contributed by atoms with Gasteiger partial charge in [0.15, 0.2) is 16.6 Å². The first kappa shape index (κ1) is 29.7. The summed E-state index contributed by atoms with van der Waals surface area (Å²) < 4.78 is 23.6. The molecule has 0 aliphatic heterocycles. The minimum Gasteiger partial charge on any atom is -0.457 e. The van der Waals surface area contributed by atoms with Crippen LogP contribution < -0.4 is 4.74 Å². The first-order chi connectivity index (χ1) is 18.1. The topological polar surface area (TPSA) is 37.5 Å². The van der Waals surface area contributed by atoms with E-state index in [4.69, 9.17) is 13.6 Å². The van der Waals surface area contributed by atoms with E-state index in [2.05, 4.69) is 138 Å². The molecular weight excluding hydrogens is 517 g/mol. The molecule has 0 unspecified atom stereocenters. The Labute approximate surface area is 237 Å². The van der Waals surface area contributed by atoms with E-state index in [-0.39, 0.29) is 10.1 Å². The summed E-state index contributed by atoms with van der Waals surface area (Å²) in [6.45, 7) is 26.1. The fourth-order valence-electron chi connectivity index (χ4n) is 4.24. The fourth-order valence-corrected chi connectivity index (χ4v) is 6.31. The van der Waals surface area contributed by atoms with Crippen molar-refractivity contribution in [1.82, 2.24) is 9.13 Å². The third kappa shape index (κ3) is 6.70. The van der Waals surface area contributed by atoms with E-state index in [0.717, 1.165) is 37.8 Å². The number of fused-ring (bicyclic) bond motifs is 2. The molecular formula is C32H48N2O3Si2. The predicted octanol–water partition coefficient (Wildman–Crippen LogP) is 9.43. The van der Waals surface area contributed by atoms with Crippen LogP contribution in [0.15, 0.2) is 60.9 Å². The van der Waals surface area contributed by atoms with Crippen molar-refractivity contribution in [1.29, 1.82) is 0 Å². The van der Waals surface area contributed by atoms with E-state index >= 15 is 0 Å². The van der Waals surface area contributed by atoms with Crippen molar-refractivity contribution in [3.63, 3.8) is 0 Å². The molecule has 0 fully saturated rings. The van der Waals surface area contributed by atoms with Crippen LogP contribution in [-0.2, 0) is 21.9 Å². The van der Waals surface area contributed by atoms with E-state index in [1.807, 2.05) is 0 Å². The quantitative estimate of drug-likeness (QED) is 0.180. The molecule has 0 saturated heterocycles. The lowest BCUT2D eigenvalue weighted by molar-refractivity contribution is 0.273. The summed E-state index contributed by atoms with van der Waals surface area (Å²) in [6.07, 6.45) is 4.29. The smallest absolute Gasteiger partial charge is 0.192 e. The highest BCUT2D eigenvalue weighted by Crippen LogP contribution is 2.37. The first-order valence-corrected chi connectivity index (χ1v) is 20.0. The minimum absolute atomic E-state index is 0.225. The maximum atomic E-state index is 6.39. The number of hydrogen-bond acceptors (Lipinski definition) is 3. The van der Waals surface area contributed by atoms with Gasteiger partial charge in [0.2, 0.25) is 0 Å². The summed E-state index contributed by atoms with van der Waals surface area (Å²) in [5, 5.41) is 2.80. The van der Waals surface area contributed by atoms with Crippen LogP contribution in [0.3, 0.4) is 0 Å². The molecule has 0 amide bonds. The van der Waals surface area contributed by atoms with E-state index < -0.39 is 16.6 Å². The van der Waals surface area contributed by atoms with Crippen molar-refractivity contribution in [2.75, 3.05) is 13.2 Å². The molecule has 5 nitrogen and oxygen atoms in total. The molecule has 39 heavy (non-hydrogen) atoms. The van der Waals surface area contributed by atoms with Crippen molar-refractivity contribution in [3.05, 3.63) is 60.9 Å². The van der Waals surface area contributed by atoms with Crippen molar-refractivity contribution in [3.8, 4) is 11.5 Å². The summed E-state index contributed by atoms with van der Waals surface area (Å²) >= 11 is 0.